The van der Waals surface area contributed by atoms with Gasteiger partial charge in [0.15, 0.2) is 11.2 Å². The van der Waals surface area contributed by atoms with E-state index in [4.69, 9.17) is 0 Å². The molecule has 3 aromatic rings. The van der Waals surface area contributed by atoms with E-state index in [0.29, 0.717) is 35.2 Å². The second-order valence-corrected chi connectivity index (χ2v) is 7.47. The molecule has 2 fully saturated rings. The molecule has 2 aliphatic rings. The third-order valence-electron chi connectivity index (χ3n) is 5.27. The van der Waals surface area contributed by atoms with Gasteiger partial charge in [0.05, 0.1) is 12.0 Å². The molecule has 0 saturated heterocycles. The monoisotopic (exact) mass is 354 g/mol. The van der Waals surface area contributed by atoms with Crippen LogP contribution in [0.25, 0.3) is 16.9 Å². The standard InChI is InChI=1S/C19H19FN4O2/c20-14-5-7-15(8-6-14)24-17-16(22(11-21-17)9-12-1-2-12)18(25)23(19(24)26)10-13-3-4-13/h5-8,11-13H,1-4,9-10H2. The van der Waals surface area contributed by atoms with Gasteiger partial charge in [-0.05, 0) is 61.8 Å². The topological polar surface area (TPSA) is 61.8 Å². The van der Waals surface area contributed by atoms with Crippen molar-refractivity contribution in [3.63, 3.8) is 0 Å². The SMILES string of the molecule is O=c1c2c(ncn2CC2CC2)n(-c2ccc(F)cc2)c(=O)n1CC1CC1. The second kappa shape index (κ2) is 5.65. The first-order valence-electron chi connectivity index (χ1n) is 9.08. The van der Waals surface area contributed by atoms with Gasteiger partial charge in [-0.25, -0.2) is 18.7 Å². The summed E-state index contributed by atoms with van der Waals surface area (Å²) in [5.74, 6) is 0.595. The van der Waals surface area contributed by atoms with Crippen LogP contribution in [0.4, 0.5) is 4.39 Å². The lowest BCUT2D eigenvalue weighted by atomic mass is 10.3. The van der Waals surface area contributed by atoms with Crippen LogP contribution in [-0.4, -0.2) is 18.7 Å². The minimum Gasteiger partial charge on any atom is -0.324 e. The van der Waals surface area contributed by atoms with Gasteiger partial charge < -0.3 is 4.57 Å². The van der Waals surface area contributed by atoms with Crippen LogP contribution in [0.3, 0.4) is 0 Å². The van der Waals surface area contributed by atoms with Gasteiger partial charge in [-0.3, -0.25) is 9.36 Å². The molecule has 0 bridgehead atoms. The quantitative estimate of drug-likeness (QED) is 0.706. The maximum atomic E-state index is 13.3. The maximum absolute atomic E-state index is 13.3. The molecule has 2 aromatic heterocycles. The van der Waals surface area contributed by atoms with Crippen LogP contribution in [0.1, 0.15) is 25.7 Å². The summed E-state index contributed by atoms with van der Waals surface area (Å²) >= 11 is 0. The van der Waals surface area contributed by atoms with Gasteiger partial charge in [-0.2, -0.15) is 0 Å². The van der Waals surface area contributed by atoms with Crippen molar-refractivity contribution in [2.45, 2.75) is 38.8 Å². The molecule has 134 valence electrons. The molecule has 0 radical (unpaired) electrons. The predicted molar refractivity (Wildman–Crippen MR) is 95.0 cm³/mol. The molecule has 0 unspecified atom stereocenters. The number of hydrogen-bond donors (Lipinski definition) is 0. The zero-order valence-electron chi connectivity index (χ0n) is 14.3. The smallest absolute Gasteiger partial charge is 0.324 e. The highest BCUT2D eigenvalue weighted by atomic mass is 19.1. The Hall–Kier alpha value is -2.70. The fraction of sp³-hybridized carbons (Fsp3) is 0.421. The predicted octanol–water partition coefficient (Wildman–Crippen LogP) is 2.31. The van der Waals surface area contributed by atoms with E-state index in [1.54, 1.807) is 18.5 Å². The van der Waals surface area contributed by atoms with Crippen LogP contribution in [0.2, 0.25) is 0 Å². The lowest BCUT2D eigenvalue weighted by Crippen LogP contribution is -2.40. The highest BCUT2D eigenvalue weighted by molar-refractivity contribution is 5.72. The van der Waals surface area contributed by atoms with Gasteiger partial charge >= 0.3 is 5.69 Å². The first-order valence-corrected chi connectivity index (χ1v) is 9.08. The number of rotatable bonds is 5. The maximum Gasteiger partial charge on any atom is 0.337 e. The Morgan fingerprint density at radius 1 is 1.00 bits per heavy atom. The summed E-state index contributed by atoms with van der Waals surface area (Å²) in [6, 6.07) is 5.71. The number of fused-ring (bicyclic) bond motifs is 1. The van der Waals surface area contributed by atoms with Gasteiger partial charge in [0.1, 0.15) is 5.82 Å². The molecule has 1 aromatic carbocycles. The number of nitrogens with zero attached hydrogens (tertiary/aromatic N) is 4. The van der Waals surface area contributed by atoms with E-state index in [-0.39, 0.29) is 11.4 Å². The Morgan fingerprint density at radius 3 is 2.31 bits per heavy atom. The lowest BCUT2D eigenvalue weighted by molar-refractivity contribution is 0.564. The molecule has 0 atom stereocenters. The van der Waals surface area contributed by atoms with E-state index in [1.165, 1.54) is 21.3 Å². The van der Waals surface area contributed by atoms with Crippen LogP contribution < -0.4 is 11.2 Å². The molecule has 5 rings (SSSR count). The average Bonchev–Trinajstić information content (AvgIpc) is 3.54. The highest BCUT2D eigenvalue weighted by Crippen LogP contribution is 2.32. The van der Waals surface area contributed by atoms with Crippen molar-refractivity contribution in [1.82, 2.24) is 18.7 Å². The Kier molecular flexibility index (Phi) is 3.38. The minimum absolute atomic E-state index is 0.270. The first-order chi connectivity index (χ1) is 12.6. The summed E-state index contributed by atoms with van der Waals surface area (Å²) in [5, 5.41) is 0. The number of hydrogen-bond acceptors (Lipinski definition) is 3. The van der Waals surface area contributed by atoms with E-state index in [1.807, 2.05) is 4.57 Å². The van der Waals surface area contributed by atoms with Crippen LogP contribution in [0.5, 0.6) is 0 Å². The van der Waals surface area contributed by atoms with Crippen LogP contribution in [0, 0.1) is 17.7 Å². The number of imidazole rings is 1. The fourth-order valence-corrected chi connectivity index (χ4v) is 3.44. The molecule has 0 aliphatic heterocycles. The Morgan fingerprint density at radius 2 is 1.65 bits per heavy atom. The van der Waals surface area contributed by atoms with Crippen molar-refractivity contribution in [2.24, 2.45) is 11.8 Å². The van der Waals surface area contributed by atoms with Gasteiger partial charge in [-0.1, -0.05) is 0 Å². The first kappa shape index (κ1) is 15.5. The normalized spacial score (nSPS) is 17.1. The molecule has 0 spiro atoms. The molecule has 2 aliphatic carbocycles. The molecule has 0 N–H and O–H groups in total. The third kappa shape index (κ3) is 2.58. The van der Waals surface area contributed by atoms with Gasteiger partial charge in [0.2, 0.25) is 0 Å². The third-order valence-corrected chi connectivity index (χ3v) is 5.27. The van der Waals surface area contributed by atoms with E-state index < -0.39 is 5.69 Å². The van der Waals surface area contributed by atoms with Gasteiger partial charge in [0, 0.05) is 13.1 Å². The summed E-state index contributed by atoms with van der Waals surface area (Å²) in [6.45, 7) is 1.18. The zero-order chi connectivity index (χ0) is 17.8. The van der Waals surface area contributed by atoms with Crippen molar-refractivity contribution < 1.29 is 4.39 Å². The molecular weight excluding hydrogens is 335 g/mol. The summed E-state index contributed by atoms with van der Waals surface area (Å²) in [4.78, 5) is 30.5. The molecular formula is C19H19FN4O2. The Balaban J connectivity index is 1.78. The van der Waals surface area contributed by atoms with E-state index in [9.17, 15) is 14.0 Å². The number of aromatic nitrogens is 4. The van der Waals surface area contributed by atoms with E-state index in [0.717, 1.165) is 32.2 Å². The molecule has 0 amide bonds. The highest BCUT2D eigenvalue weighted by Gasteiger charge is 2.28. The van der Waals surface area contributed by atoms with Crippen LogP contribution in [0.15, 0.2) is 40.2 Å². The summed E-state index contributed by atoms with van der Waals surface area (Å²) < 4.78 is 18.0. The van der Waals surface area contributed by atoms with Crippen molar-refractivity contribution >= 4 is 11.2 Å². The average molecular weight is 354 g/mol. The minimum atomic E-state index is -0.405. The fourth-order valence-electron chi connectivity index (χ4n) is 3.44. The van der Waals surface area contributed by atoms with Crippen molar-refractivity contribution in [2.75, 3.05) is 0 Å². The van der Waals surface area contributed by atoms with Gasteiger partial charge in [-0.15, -0.1) is 0 Å². The lowest BCUT2D eigenvalue weighted by Gasteiger charge is -2.12. The molecule has 2 saturated carbocycles. The zero-order valence-corrected chi connectivity index (χ0v) is 14.3. The molecule has 7 heteroatoms. The molecule has 6 nitrogen and oxygen atoms in total. The van der Waals surface area contributed by atoms with E-state index in [2.05, 4.69) is 4.98 Å². The summed E-state index contributed by atoms with van der Waals surface area (Å²) in [5.41, 5.74) is 0.648. The molecule has 26 heavy (non-hydrogen) atoms. The second-order valence-electron chi connectivity index (χ2n) is 7.47. The number of benzene rings is 1. The van der Waals surface area contributed by atoms with Crippen molar-refractivity contribution in [1.29, 1.82) is 0 Å². The Labute approximate surface area is 148 Å². The molecule has 2 heterocycles. The van der Waals surface area contributed by atoms with Crippen LogP contribution in [-0.2, 0) is 13.1 Å². The summed E-state index contributed by atoms with van der Waals surface area (Å²) in [7, 11) is 0. The number of halogens is 1. The summed E-state index contributed by atoms with van der Waals surface area (Å²) in [6.07, 6.45) is 6.05. The largest absolute Gasteiger partial charge is 0.337 e. The van der Waals surface area contributed by atoms with Crippen LogP contribution >= 0.6 is 0 Å². The van der Waals surface area contributed by atoms with E-state index >= 15 is 0 Å². The van der Waals surface area contributed by atoms with Crippen molar-refractivity contribution in [3.05, 3.63) is 57.2 Å². The Bertz CT molecular complexity index is 1100. The van der Waals surface area contributed by atoms with Gasteiger partial charge in [0.25, 0.3) is 5.56 Å². The van der Waals surface area contributed by atoms with Crippen molar-refractivity contribution in [3.8, 4) is 5.69 Å².